The van der Waals surface area contributed by atoms with Crippen molar-refractivity contribution in [1.82, 2.24) is 5.32 Å². The van der Waals surface area contributed by atoms with E-state index in [1.54, 1.807) is 0 Å². The molecule has 0 aromatic carbocycles. The molecule has 0 bridgehead atoms. The molecule has 1 N–H and O–H groups in total. The summed E-state index contributed by atoms with van der Waals surface area (Å²) in [4.78, 5) is 9.90. The summed E-state index contributed by atoms with van der Waals surface area (Å²) in [5.74, 6) is 0.641. The van der Waals surface area contributed by atoms with E-state index in [0.29, 0.717) is 24.4 Å². The second-order valence-electron chi connectivity index (χ2n) is 3.62. The summed E-state index contributed by atoms with van der Waals surface area (Å²) in [6.07, 6.45) is 2.51. The van der Waals surface area contributed by atoms with Crippen molar-refractivity contribution in [3.8, 4) is 0 Å². The van der Waals surface area contributed by atoms with Crippen LogP contribution >= 0.6 is 0 Å². The zero-order valence-electron chi connectivity index (χ0n) is 6.51. The molecular formula is C8H13NO2. The summed E-state index contributed by atoms with van der Waals surface area (Å²) in [6.45, 7) is 3.44. The van der Waals surface area contributed by atoms with E-state index in [-0.39, 0.29) is 0 Å². The Labute approximate surface area is 66.1 Å². The van der Waals surface area contributed by atoms with E-state index in [0.717, 1.165) is 13.1 Å². The molecule has 1 spiro atoms. The van der Waals surface area contributed by atoms with E-state index in [4.69, 9.17) is 4.74 Å². The molecule has 2 rings (SSSR count). The van der Waals surface area contributed by atoms with Crippen LogP contribution in [-0.2, 0) is 9.53 Å². The van der Waals surface area contributed by atoms with E-state index < -0.39 is 0 Å². The Balaban J connectivity index is 1.79. The van der Waals surface area contributed by atoms with Gasteiger partial charge < -0.3 is 10.1 Å². The lowest BCUT2D eigenvalue weighted by atomic mass is 10.0. The molecule has 2 fully saturated rings. The molecule has 62 valence electrons. The summed E-state index contributed by atoms with van der Waals surface area (Å²) in [6, 6.07) is 0. The third-order valence-corrected chi connectivity index (χ3v) is 3.00. The Hall–Kier alpha value is -0.570. The minimum Gasteiger partial charge on any atom is -0.468 e. The van der Waals surface area contributed by atoms with E-state index in [2.05, 4.69) is 5.32 Å². The summed E-state index contributed by atoms with van der Waals surface area (Å²) >= 11 is 0. The Morgan fingerprint density at radius 3 is 3.27 bits per heavy atom. The lowest BCUT2D eigenvalue weighted by molar-refractivity contribution is -0.129. The lowest BCUT2D eigenvalue weighted by Crippen LogP contribution is -2.12. The largest absolute Gasteiger partial charge is 0.468 e. The molecule has 2 atom stereocenters. The predicted octanol–water partition coefficient (Wildman–Crippen LogP) is 0.159. The van der Waals surface area contributed by atoms with Crippen LogP contribution in [0.25, 0.3) is 0 Å². The van der Waals surface area contributed by atoms with Gasteiger partial charge in [-0.2, -0.15) is 0 Å². The van der Waals surface area contributed by atoms with Gasteiger partial charge in [-0.05, 0) is 24.8 Å². The molecule has 3 heteroatoms. The molecule has 1 aliphatic carbocycles. The van der Waals surface area contributed by atoms with Gasteiger partial charge in [-0.15, -0.1) is 0 Å². The first-order valence-electron chi connectivity index (χ1n) is 4.13. The zero-order chi connectivity index (χ0) is 7.73. The molecule has 0 aromatic rings. The highest BCUT2D eigenvalue weighted by Crippen LogP contribution is 2.56. The molecular weight excluding hydrogens is 142 g/mol. The van der Waals surface area contributed by atoms with Crippen LogP contribution in [0.2, 0.25) is 0 Å². The second kappa shape index (κ2) is 2.48. The maximum absolute atomic E-state index is 9.90. The molecule has 2 unspecified atom stereocenters. The van der Waals surface area contributed by atoms with Gasteiger partial charge in [0.15, 0.2) is 0 Å². The molecule has 3 nitrogen and oxygen atoms in total. The fourth-order valence-electron chi connectivity index (χ4n) is 2.11. The number of nitrogens with one attached hydrogen (secondary N) is 1. The fraction of sp³-hybridized carbons (Fsp3) is 0.875. The van der Waals surface area contributed by atoms with Gasteiger partial charge in [0.05, 0.1) is 6.61 Å². The SMILES string of the molecule is O=COCC1CC12CCNC2. The van der Waals surface area contributed by atoms with Gasteiger partial charge in [-0.3, -0.25) is 4.79 Å². The third kappa shape index (κ3) is 1.13. The second-order valence-corrected chi connectivity index (χ2v) is 3.62. The first-order chi connectivity index (χ1) is 5.37. The quantitative estimate of drug-likeness (QED) is 0.590. The van der Waals surface area contributed by atoms with Crippen molar-refractivity contribution in [1.29, 1.82) is 0 Å². The van der Waals surface area contributed by atoms with E-state index in [1.807, 2.05) is 0 Å². The van der Waals surface area contributed by atoms with E-state index >= 15 is 0 Å². The first kappa shape index (κ1) is 7.10. The molecule has 1 saturated carbocycles. The maximum Gasteiger partial charge on any atom is 0.293 e. The number of hydrogen-bond donors (Lipinski definition) is 1. The normalized spacial score (nSPS) is 40.9. The average Bonchev–Trinajstić information content (AvgIpc) is 2.41. The zero-order valence-corrected chi connectivity index (χ0v) is 6.51. The van der Waals surface area contributed by atoms with Crippen LogP contribution in [0.1, 0.15) is 12.8 Å². The van der Waals surface area contributed by atoms with Gasteiger partial charge in [0.25, 0.3) is 6.47 Å². The van der Waals surface area contributed by atoms with Crippen LogP contribution < -0.4 is 5.32 Å². The van der Waals surface area contributed by atoms with Crippen molar-refractivity contribution >= 4 is 6.47 Å². The van der Waals surface area contributed by atoms with Gasteiger partial charge in [0.1, 0.15) is 0 Å². The predicted molar refractivity (Wildman–Crippen MR) is 40.0 cm³/mol. The van der Waals surface area contributed by atoms with Crippen molar-refractivity contribution in [2.24, 2.45) is 11.3 Å². The summed E-state index contributed by atoms with van der Waals surface area (Å²) in [5, 5.41) is 3.34. The van der Waals surface area contributed by atoms with Gasteiger partial charge >= 0.3 is 0 Å². The smallest absolute Gasteiger partial charge is 0.293 e. The van der Waals surface area contributed by atoms with Crippen LogP contribution in [-0.4, -0.2) is 26.2 Å². The van der Waals surface area contributed by atoms with Crippen LogP contribution in [0.5, 0.6) is 0 Å². The number of hydrogen-bond acceptors (Lipinski definition) is 3. The Morgan fingerprint density at radius 1 is 1.73 bits per heavy atom. The average molecular weight is 155 g/mol. The highest BCUT2D eigenvalue weighted by atomic mass is 16.5. The van der Waals surface area contributed by atoms with Gasteiger partial charge in [0.2, 0.25) is 0 Å². The monoisotopic (exact) mass is 155 g/mol. The molecule has 0 aromatic heterocycles. The Kier molecular flexibility index (Phi) is 1.60. The highest BCUT2D eigenvalue weighted by Gasteiger charge is 2.55. The highest BCUT2D eigenvalue weighted by molar-refractivity contribution is 5.37. The van der Waals surface area contributed by atoms with Gasteiger partial charge in [0, 0.05) is 12.5 Å². The van der Waals surface area contributed by atoms with Crippen LogP contribution in [0.15, 0.2) is 0 Å². The van der Waals surface area contributed by atoms with Crippen molar-refractivity contribution in [2.75, 3.05) is 19.7 Å². The third-order valence-electron chi connectivity index (χ3n) is 3.00. The molecule has 1 saturated heterocycles. The van der Waals surface area contributed by atoms with Crippen molar-refractivity contribution in [2.45, 2.75) is 12.8 Å². The van der Waals surface area contributed by atoms with E-state index in [9.17, 15) is 4.79 Å². The topological polar surface area (TPSA) is 38.3 Å². The number of carbonyl (C=O) groups is 1. The summed E-state index contributed by atoms with van der Waals surface area (Å²) in [7, 11) is 0. The van der Waals surface area contributed by atoms with Crippen LogP contribution in [0.4, 0.5) is 0 Å². The van der Waals surface area contributed by atoms with Gasteiger partial charge in [-0.1, -0.05) is 0 Å². The minimum atomic E-state index is 0.517. The Bertz CT molecular complexity index is 163. The van der Waals surface area contributed by atoms with Gasteiger partial charge in [-0.25, -0.2) is 0 Å². The summed E-state index contributed by atoms with van der Waals surface area (Å²) in [5.41, 5.74) is 0.517. The molecule has 0 radical (unpaired) electrons. The molecule has 11 heavy (non-hydrogen) atoms. The van der Waals surface area contributed by atoms with Crippen LogP contribution in [0, 0.1) is 11.3 Å². The number of carbonyl (C=O) groups excluding carboxylic acids is 1. The van der Waals surface area contributed by atoms with Crippen LogP contribution in [0.3, 0.4) is 0 Å². The first-order valence-corrected chi connectivity index (χ1v) is 4.13. The summed E-state index contributed by atoms with van der Waals surface area (Å²) < 4.78 is 4.74. The standard InChI is InChI=1S/C8H13NO2/c10-6-11-4-7-3-8(7)1-2-9-5-8/h6-7,9H,1-5H2. The minimum absolute atomic E-state index is 0.517. The fourth-order valence-corrected chi connectivity index (χ4v) is 2.11. The van der Waals surface area contributed by atoms with E-state index in [1.165, 1.54) is 12.8 Å². The molecule has 1 aliphatic heterocycles. The number of ether oxygens (including phenoxy) is 1. The van der Waals surface area contributed by atoms with Crippen molar-refractivity contribution in [3.63, 3.8) is 0 Å². The molecule has 1 heterocycles. The Morgan fingerprint density at radius 2 is 2.64 bits per heavy atom. The lowest BCUT2D eigenvalue weighted by Gasteiger charge is -2.04. The van der Waals surface area contributed by atoms with Crippen molar-refractivity contribution in [3.05, 3.63) is 0 Å². The molecule has 0 amide bonds. The van der Waals surface area contributed by atoms with Crippen molar-refractivity contribution < 1.29 is 9.53 Å². The maximum atomic E-state index is 9.90. The number of rotatable bonds is 3. The molecule has 2 aliphatic rings.